The third kappa shape index (κ3) is 4.58. The molecule has 0 aliphatic rings. The largest absolute Gasteiger partial charge is 0.465 e. The molecule has 1 heterocycles. The minimum Gasteiger partial charge on any atom is -0.465 e. The summed E-state index contributed by atoms with van der Waals surface area (Å²) in [5.41, 5.74) is 7.37. The van der Waals surface area contributed by atoms with Crippen molar-refractivity contribution >= 4 is 24.3 Å². The van der Waals surface area contributed by atoms with Crippen molar-refractivity contribution in [2.24, 2.45) is 5.73 Å². The summed E-state index contributed by atoms with van der Waals surface area (Å²) >= 11 is 0. The monoisotopic (exact) mass is 338 g/mol. The van der Waals surface area contributed by atoms with Crippen LogP contribution in [0.2, 0.25) is 0 Å². The normalized spacial score (nSPS) is 9.87. The van der Waals surface area contributed by atoms with E-state index < -0.39 is 5.97 Å². The van der Waals surface area contributed by atoms with E-state index in [1.807, 2.05) is 0 Å². The maximum absolute atomic E-state index is 12.0. The van der Waals surface area contributed by atoms with E-state index in [4.69, 9.17) is 10.2 Å². The molecular weight excluding hydrogens is 320 g/mol. The SMILES string of the molecule is COC(=O)c1cc(CNC(=O)c2ccc(CN)cc2)oc1C.Cl. The number of nitrogens with two attached hydrogens (primary N) is 1. The standard InChI is InChI=1S/C16H18N2O4.ClH/c1-10-14(16(20)21-2)7-13(22-10)9-18-15(19)12-5-3-11(8-17)4-6-12;/h3-7H,8-9,17H2,1-2H3,(H,18,19);1H. The van der Waals surface area contributed by atoms with Gasteiger partial charge in [0.25, 0.3) is 5.91 Å². The van der Waals surface area contributed by atoms with Crippen LogP contribution in [0.3, 0.4) is 0 Å². The molecule has 1 amide bonds. The summed E-state index contributed by atoms with van der Waals surface area (Å²) in [4.78, 5) is 23.5. The van der Waals surface area contributed by atoms with E-state index in [9.17, 15) is 9.59 Å². The number of rotatable bonds is 5. The third-order valence-corrected chi connectivity index (χ3v) is 3.25. The van der Waals surface area contributed by atoms with Crippen molar-refractivity contribution < 1.29 is 18.7 Å². The Hall–Kier alpha value is -2.31. The second kappa shape index (κ2) is 8.36. The first-order chi connectivity index (χ1) is 10.5. The van der Waals surface area contributed by atoms with Gasteiger partial charge >= 0.3 is 5.97 Å². The highest BCUT2D eigenvalue weighted by Gasteiger charge is 2.15. The van der Waals surface area contributed by atoms with Crippen LogP contribution in [0.4, 0.5) is 0 Å². The lowest BCUT2D eigenvalue weighted by Crippen LogP contribution is -2.22. The van der Waals surface area contributed by atoms with Gasteiger partial charge in [0.05, 0.1) is 13.7 Å². The Morgan fingerprint density at radius 2 is 1.91 bits per heavy atom. The van der Waals surface area contributed by atoms with Crippen LogP contribution < -0.4 is 11.1 Å². The fourth-order valence-corrected chi connectivity index (χ4v) is 2.01. The third-order valence-electron chi connectivity index (χ3n) is 3.25. The number of ether oxygens (including phenoxy) is 1. The number of carbonyl (C=O) groups is 2. The van der Waals surface area contributed by atoms with Crippen LogP contribution >= 0.6 is 12.4 Å². The molecule has 0 atom stereocenters. The number of esters is 1. The number of benzene rings is 1. The van der Waals surface area contributed by atoms with Gasteiger partial charge in [0, 0.05) is 12.1 Å². The molecule has 6 nitrogen and oxygen atoms in total. The van der Waals surface area contributed by atoms with E-state index in [1.54, 1.807) is 37.3 Å². The van der Waals surface area contributed by atoms with Crippen molar-refractivity contribution in [1.82, 2.24) is 5.32 Å². The Bertz CT molecular complexity index is 680. The number of carbonyl (C=O) groups excluding carboxylic acids is 2. The summed E-state index contributed by atoms with van der Waals surface area (Å²) in [5.74, 6) is 0.265. The molecule has 0 spiro atoms. The van der Waals surface area contributed by atoms with E-state index in [2.05, 4.69) is 10.1 Å². The number of methoxy groups -OCH3 is 1. The highest BCUT2D eigenvalue weighted by molar-refractivity contribution is 5.94. The smallest absolute Gasteiger partial charge is 0.341 e. The number of aryl methyl sites for hydroxylation is 1. The van der Waals surface area contributed by atoms with Crippen LogP contribution in [0.5, 0.6) is 0 Å². The van der Waals surface area contributed by atoms with E-state index in [1.165, 1.54) is 7.11 Å². The maximum atomic E-state index is 12.0. The molecule has 2 rings (SSSR count). The van der Waals surface area contributed by atoms with Crippen molar-refractivity contribution in [2.45, 2.75) is 20.0 Å². The highest BCUT2D eigenvalue weighted by atomic mass is 35.5. The van der Waals surface area contributed by atoms with Crippen LogP contribution in [0.1, 0.15) is 37.8 Å². The van der Waals surface area contributed by atoms with Gasteiger partial charge in [-0.2, -0.15) is 0 Å². The predicted octanol–water partition coefficient (Wildman–Crippen LogP) is 2.19. The highest BCUT2D eigenvalue weighted by Crippen LogP contribution is 2.15. The number of hydrogen-bond donors (Lipinski definition) is 2. The fourth-order valence-electron chi connectivity index (χ4n) is 2.01. The molecule has 0 aliphatic carbocycles. The van der Waals surface area contributed by atoms with Crippen LogP contribution in [0, 0.1) is 6.92 Å². The lowest BCUT2D eigenvalue weighted by molar-refractivity contribution is 0.0598. The summed E-state index contributed by atoms with van der Waals surface area (Å²) in [6.45, 7) is 2.29. The van der Waals surface area contributed by atoms with Crippen LogP contribution in [-0.2, 0) is 17.8 Å². The van der Waals surface area contributed by atoms with Gasteiger partial charge in [0.15, 0.2) is 0 Å². The van der Waals surface area contributed by atoms with E-state index in [0.29, 0.717) is 29.2 Å². The molecule has 2 aromatic rings. The summed E-state index contributed by atoms with van der Waals surface area (Å²) in [7, 11) is 1.31. The second-order valence-electron chi connectivity index (χ2n) is 4.76. The minimum atomic E-state index is -0.462. The van der Waals surface area contributed by atoms with E-state index in [0.717, 1.165) is 5.56 Å². The molecule has 7 heteroatoms. The van der Waals surface area contributed by atoms with Gasteiger partial charge in [-0.25, -0.2) is 4.79 Å². The first-order valence-electron chi connectivity index (χ1n) is 6.80. The number of nitrogens with one attached hydrogen (secondary N) is 1. The van der Waals surface area contributed by atoms with Crippen molar-refractivity contribution in [3.63, 3.8) is 0 Å². The number of amides is 1. The Morgan fingerprint density at radius 1 is 1.26 bits per heavy atom. The van der Waals surface area contributed by atoms with Crippen LogP contribution in [-0.4, -0.2) is 19.0 Å². The predicted molar refractivity (Wildman–Crippen MR) is 87.5 cm³/mol. The molecule has 0 fully saturated rings. The Balaban J connectivity index is 0.00000264. The topological polar surface area (TPSA) is 94.6 Å². The average Bonchev–Trinajstić information content (AvgIpc) is 2.92. The fraction of sp³-hybridized carbons (Fsp3) is 0.250. The van der Waals surface area contributed by atoms with Crippen LogP contribution in [0.25, 0.3) is 0 Å². The van der Waals surface area contributed by atoms with Gasteiger partial charge in [-0.15, -0.1) is 12.4 Å². The lowest BCUT2D eigenvalue weighted by atomic mass is 10.1. The molecule has 3 N–H and O–H groups in total. The molecule has 124 valence electrons. The molecule has 1 aromatic heterocycles. The van der Waals surface area contributed by atoms with Gasteiger partial charge in [-0.3, -0.25) is 4.79 Å². The zero-order chi connectivity index (χ0) is 16.1. The quantitative estimate of drug-likeness (QED) is 0.815. The average molecular weight is 339 g/mol. The number of furan rings is 1. The molecule has 0 aliphatic heterocycles. The molecule has 0 unspecified atom stereocenters. The Kier molecular flexibility index (Phi) is 6.81. The molecular formula is C16H19ClN2O4. The second-order valence-corrected chi connectivity index (χ2v) is 4.76. The van der Waals surface area contributed by atoms with Gasteiger partial charge in [0.2, 0.25) is 0 Å². The molecule has 0 saturated carbocycles. The molecule has 0 radical (unpaired) electrons. The first kappa shape index (κ1) is 18.7. The summed E-state index contributed by atoms with van der Waals surface area (Å²) in [5, 5.41) is 2.73. The molecule has 23 heavy (non-hydrogen) atoms. The van der Waals surface area contributed by atoms with E-state index in [-0.39, 0.29) is 24.9 Å². The molecule has 0 saturated heterocycles. The molecule has 1 aromatic carbocycles. The van der Waals surface area contributed by atoms with E-state index >= 15 is 0 Å². The zero-order valence-corrected chi connectivity index (χ0v) is 13.7. The minimum absolute atomic E-state index is 0. The number of hydrogen-bond acceptors (Lipinski definition) is 5. The summed E-state index contributed by atoms with van der Waals surface area (Å²) in [6, 6.07) is 8.61. The van der Waals surface area contributed by atoms with Crippen molar-refractivity contribution in [3.8, 4) is 0 Å². The Morgan fingerprint density at radius 3 is 2.48 bits per heavy atom. The lowest BCUT2D eigenvalue weighted by Gasteiger charge is -2.04. The maximum Gasteiger partial charge on any atom is 0.341 e. The first-order valence-corrected chi connectivity index (χ1v) is 6.80. The van der Waals surface area contributed by atoms with Crippen LogP contribution in [0.15, 0.2) is 34.7 Å². The van der Waals surface area contributed by atoms with Gasteiger partial charge in [0.1, 0.15) is 17.1 Å². The van der Waals surface area contributed by atoms with Gasteiger partial charge in [-0.1, -0.05) is 12.1 Å². The molecule has 0 bridgehead atoms. The zero-order valence-electron chi connectivity index (χ0n) is 12.9. The van der Waals surface area contributed by atoms with Gasteiger partial charge < -0.3 is 20.2 Å². The van der Waals surface area contributed by atoms with Gasteiger partial charge in [-0.05, 0) is 30.7 Å². The summed E-state index contributed by atoms with van der Waals surface area (Å²) < 4.78 is 10.1. The summed E-state index contributed by atoms with van der Waals surface area (Å²) in [6.07, 6.45) is 0. The van der Waals surface area contributed by atoms with Crippen molar-refractivity contribution in [3.05, 3.63) is 58.5 Å². The van der Waals surface area contributed by atoms with Crippen molar-refractivity contribution in [1.29, 1.82) is 0 Å². The van der Waals surface area contributed by atoms with Crippen molar-refractivity contribution in [2.75, 3.05) is 7.11 Å². The Labute approximate surface area is 140 Å². The number of halogens is 1.